The molecule has 0 spiro atoms. The molecule has 37 heavy (non-hydrogen) atoms. The zero-order valence-corrected chi connectivity index (χ0v) is 19.9. The molecule has 0 saturated carbocycles. The largest absolute Gasteiger partial charge is 0.545 e. The molecule has 0 atom stereocenters. The van der Waals surface area contributed by atoms with Gasteiger partial charge in [0.2, 0.25) is 5.43 Å². The number of quaternary nitrogens is 1. The number of carbonyl (C=O) groups excluding carboxylic acids is 1. The number of hydrogen-bond donors (Lipinski definition) is 4. The van der Waals surface area contributed by atoms with E-state index in [1.165, 1.54) is 30.5 Å². The number of anilines is 2. The first-order valence-corrected chi connectivity index (χ1v) is 11.1. The van der Waals surface area contributed by atoms with Crippen molar-refractivity contribution in [3.63, 3.8) is 0 Å². The van der Waals surface area contributed by atoms with Gasteiger partial charge in [0.15, 0.2) is 0 Å². The van der Waals surface area contributed by atoms with Gasteiger partial charge in [-0.15, -0.1) is 0 Å². The van der Waals surface area contributed by atoms with Crippen molar-refractivity contribution in [2.24, 2.45) is 0 Å². The lowest BCUT2D eigenvalue weighted by atomic mass is 10.1. The molecule has 3 aromatic rings. The van der Waals surface area contributed by atoms with Crippen LogP contribution in [-0.4, -0.2) is 64.3 Å². The quantitative estimate of drug-likeness (QED) is 0.296. The number of carboxylic acids is 3. The molecule has 0 unspecified atom stereocenters. The van der Waals surface area contributed by atoms with Crippen molar-refractivity contribution in [1.82, 2.24) is 4.57 Å². The van der Waals surface area contributed by atoms with Crippen LogP contribution in [0.2, 0.25) is 0 Å². The topological polar surface area (TPSA) is 214 Å². The first kappa shape index (κ1) is 28.7. The number of aromatic carboxylic acids is 3. The third kappa shape index (κ3) is 6.02. The summed E-state index contributed by atoms with van der Waals surface area (Å²) in [6.45, 7) is 5.63. The van der Waals surface area contributed by atoms with Gasteiger partial charge in [-0.2, -0.15) is 0 Å². The van der Waals surface area contributed by atoms with Crippen molar-refractivity contribution in [3.05, 3.63) is 69.3 Å². The van der Waals surface area contributed by atoms with Gasteiger partial charge in [-0.1, -0.05) is 12.1 Å². The lowest BCUT2D eigenvalue weighted by Gasteiger charge is -2.28. The van der Waals surface area contributed by atoms with Gasteiger partial charge in [0.1, 0.15) is 11.4 Å². The van der Waals surface area contributed by atoms with E-state index < -0.39 is 29.2 Å². The van der Waals surface area contributed by atoms with Crippen LogP contribution in [0.1, 0.15) is 38.0 Å². The summed E-state index contributed by atoms with van der Waals surface area (Å²) < 4.78 is 16.2. The highest BCUT2D eigenvalue weighted by atomic mass is 19.1. The number of piperazine rings is 1. The normalized spacial score (nSPS) is 12.8. The number of halogens is 1. The summed E-state index contributed by atoms with van der Waals surface area (Å²) in [6, 6.07) is 6.54. The van der Waals surface area contributed by atoms with Crippen LogP contribution in [0.5, 0.6) is 0 Å². The summed E-state index contributed by atoms with van der Waals surface area (Å²) in [5.74, 6) is -4.53. The molecule has 1 saturated heterocycles. The maximum Gasteiger partial charge on any atom is 0.341 e. The zero-order chi connectivity index (χ0) is 26.6. The van der Waals surface area contributed by atoms with Gasteiger partial charge in [-0.3, -0.25) is 4.79 Å². The predicted octanol–water partition coefficient (Wildman–Crippen LogP) is -1.25. The summed E-state index contributed by atoms with van der Waals surface area (Å²) >= 11 is 0. The average molecular weight is 518 g/mol. The minimum Gasteiger partial charge on any atom is -0.545 e. The fraction of sp³-hybridized carbons (Fsp3) is 0.250. The number of rotatable bonds is 5. The molecule has 8 N–H and O–H groups in total. The second kappa shape index (κ2) is 12.0. The number of carbonyl (C=O) groups is 3. The van der Waals surface area contributed by atoms with Crippen LogP contribution in [0.25, 0.3) is 10.9 Å². The highest BCUT2D eigenvalue weighted by Crippen LogP contribution is 2.25. The molecule has 0 radical (unpaired) electrons. The van der Waals surface area contributed by atoms with Gasteiger partial charge in [0.05, 0.1) is 54.6 Å². The van der Waals surface area contributed by atoms with Crippen LogP contribution in [0.4, 0.5) is 15.8 Å². The third-order valence-electron chi connectivity index (χ3n) is 5.82. The molecule has 2 aromatic carbocycles. The monoisotopic (exact) mass is 518 g/mol. The number of fused-ring (bicyclic) bond motifs is 1. The Morgan fingerprint density at radius 2 is 1.68 bits per heavy atom. The van der Waals surface area contributed by atoms with Gasteiger partial charge in [-0.05, 0) is 25.1 Å². The first-order chi connectivity index (χ1) is 17.1. The average Bonchev–Trinajstić information content (AvgIpc) is 2.84. The number of nitrogens with zero attached hydrogens (tertiary/aromatic N) is 2. The number of aryl methyl sites for hydroxylation is 1. The summed E-state index contributed by atoms with van der Waals surface area (Å²) in [6.07, 6.45) is 1.33. The van der Waals surface area contributed by atoms with Crippen molar-refractivity contribution in [3.8, 4) is 0 Å². The van der Waals surface area contributed by atoms with E-state index in [1.54, 1.807) is 10.6 Å². The van der Waals surface area contributed by atoms with E-state index >= 15 is 0 Å². The second-order valence-electron chi connectivity index (χ2n) is 8.00. The van der Waals surface area contributed by atoms with E-state index in [0.29, 0.717) is 17.7 Å². The smallest absolute Gasteiger partial charge is 0.341 e. The first-order valence-electron chi connectivity index (χ1n) is 11.1. The molecule has 12 nitrogen and oxygen atoms in total. The lowest BCUT2D eigenvalue weighted by Crippen LogP contribution is -2.89. The van der Waals surface area contributed by atoms with Crippen LogP contribution in [-0.2, 0) is 6.54 Å². The predicted molar refractivity (Wildman–Crippen MR) is 130 cm³/mol. The highest BCUT2D eigenvalue weighted by Gasteiger charge is 2.21. The van der Waals surface area contributed by atoms with Gasteiger partial charge in [0, 0.05) is 23.7 Å². The number of carboxylic acid groups (broad SMARTS) is 3. The van der Waals surface area contributed by atoms with Gasteiger partial charge < -0.3 is 46.1 Å². The van der Waals surface area contributed by atoms with E-state index in [4.69, 9.17) is 15.9 Å². The molecule has 2 heterocycles. The number of benzene rings is 2. The molecular formula is C24H27FN4O8. The molecule has 1 aliphatic heterocycles. The molecule has 198 valence electrons. The van der Waals surface area contributed by atoms with Gasteiger partial charge >= 0.3 is 11.9 Å². The molecule has 4 rings (SSSR count). The Morgan fingerprint density at radius 1 is 1.08 bits per heavy atom. The Bertz CT molecular complexity index is 1370. The van der Waals surface area contributed by atoms with E-state index in [0.717, 1.165) is 26.2 Å². The summed E-state index contributed by atoms with van der Waals surface area (Å²) in [4.78, 5) is 46.4. The molecule has 1 aliphatic rings. The van der Waals surface area contributed by atoms with Gasteiger partial charge in [-0.25, -0.2) is 14.0 Å². The fourth-order valence-corrected chi connectivity index (χ4v) is 3.98. The Morgan fingerprint density at radius 3 is 2.22 bits per heavy atom. The maximum absolute atomic E-state index is 14.5. The van der Waals surface area contributed by atoms with Crippen LogP contribution in [0.15, 0.2) is 41.3 Å². The summed E-state index contributed by atoms with van der Waals surface area (Å²) in [7, 11) is 0. The zero-order valence-electron chi connectivity index (χ0n) is 19.9. The molecule has 1 fully saturated rings. The maximum atomic E-state index is 14.5. The van der Waals surface area contributed by atoms with Crippen molar-refractivity contribution in [2.75, 3.05) is 36.8 Å². The van der Waals surface area contributed by atoms with E-state index in [2.05, 4.69) is 5.32 Å². The Labute approximate surface area is 209 Å². The number of pyridine rings is 1. The van der Waals surface area contributed by atoms with Gasteiger partial charge in [0.25, 0.3) is 0 Å². The van der Waals surface area contributed by atoms with E-state index in [9.17, 15) is 28.7 Å². The molecule has 1 aromatic heterocycles. The third-order valence-corrected chi connectivity index (χ3v) is 5.82. The standard InChI is InChI=1S/C16H18FN3O3.C8H7NO4.H2O/c1-2-19-9-11(16(22)23)15(21)10-7-12(17)14(8-13(10)19)20-5-3-18-4-6-20;9-6-4(7(10)11)2-1-3-5(6)8(12)13;/h7-9,18H,2-6H2,1H3,(H,22,23);1-3H,9H2,(H,10,11)(H,12,13);1H2. The van der Waals surface area contributed by atoms with Crippen LogP contribution in [0.3, 0.4) is 0 Å². The molecule has 13 heteroatoms. The summed E-state index contributed by atoms with van der Waals surface area (Å²) in [5, 5.41) is 30.4. The van der Waals surface area contributed by atoms with Crippen molar-refractivity contribution >= 4 is 40.2 Å². The van der Waals surface area contributed by atoms with E-state index in [1.807, 2.05) is 11.8 Å². The highest BCUT2D eigenvalue weighted by molar-refractivity contribution is 6.01. The fourth-order valence-electron chi connectivity index (χ4n) is 3.98. The second-order valence-corrected chi connectivity index (χ2v) is 8.00. The van der Waals surface area contributed by atoms with Crippen LogP contribution in [0, 0.1) is 5.82 Å². The number of para-hydroxylation sites is 1. The Hall–Kier alpha value is -4.49. The molecular weight excluding hydrogens is 491 g/mol. The number of nitrogen functional groups attached to an aromatic ring is 1. The van der Waals surface area contributed by atoms with Crippen molar-refractivity contribution < 1.29 is 44.9 Å². The van der Waals surface area contributed by atoms with E-state index in [-0.39, 0.29) is 33.2 Å². The minimum atomic E-state index is -1.49. The summed E-state index contributed by atoms with van der Waals surface area (Å²) in [5.41, 5.74) is 4.51. The van der Waals surface area contributed by atoms with Crippen LogP contribution >= 0.6 is 0 Å². The van der Waals surface area contributed by atoms with Crippen molar-refractivity contribution in [1.29, 1.82) is 0 Å². The molecule has 0 bridgehead atoms. The molecule has 0 aliphatic carbocycles. The lowest BCUT2D eigenvalue weighted by molar-refractivity contribution is -0.655. The Kier molecular flexibility index (Phi) is 9.30. The number of hydrogen-bond acceptors (Lipinski definition) is 7. The number of aromatic nitrogens is 1. The van der Waals surface area contributed by atoms with Crippen LogP contribution < -0.4 is 26.5 Å². The Balaban J connectivity index is 0.000000295. The minimum absolute atomic E-state index is 0. The number of nitrogens with two attached hydrogens (primary N) is 2. The molecule has 0 amide bonds. The SMILES string of the molecule is CCn1cc(C(=O)O)c(=O)c2cc(F)c(N3CC[NH2+]CC3)cc21.Nc1c(C(=O)[O-])cccc1C(=O)O.O. The van der Waals surface area contributed by atoms with Crippen molar-refractivity contribution in [2.45, 2.75) is 13.5 Å².